The number of benzene rings is 2. The maximum Gasteiger partial charge on any atom is 0.325 e. The highest BCUT2D eigenvalue weighted by molar-refractivity contribution is 7.18. The largest absolute Gasteiger partial charge is 0.468 e. The third kappa shape index (κ3) is 5.45. The second kappa shape index (κ2) is 10.0. The third-order valence-electron chi connectivity index (χ3n) is 5.33. The summed E-state index contributed by atoms with van der Waals surface area (Å²) in [6.45, 7) is 3.20. The van der Waals surface area contributed by atoms with E-state index in [-0.39, 0.29) is 12.5 Å². The van der Waals surface area contributed by atoms with Crippen LogP contribution in [0.2, 0.25) is 5.02 Å². The molecule has 0 bridgehead atoms. The molecule has 4 rings (SSSR count). The van der Waals surface area contributed by atoms with E-state index in [0.717, 1.165) is 26.7 Å². The Kier molecular flexibility index (Phi) is 7.07. The Balaban J connectivity index is 1.64. The van der Waals surface area contributed by atoms with Crippen molar-refractivity contribution in [3.63, 3.8) is 0 Å². The van der Waals surface area contributed by atoms with Crippen LogP contribution < -0.4 is 5.32 Å². The van der Waals surface area contributed by atoms with Crippen LogP contribution in [0.25, 0.3) is 26.7 Å². The lowest BCUT2D eigenvalue weighted by molar-refractivity contribution is -0.139. The van der Waals surface area contributed by atoms with Crippen LogP contribution in [-0.4, -0.2) is 40.4 Å². The average molecular weight is 510 g/mol. The standard InChI is InChI=1S/C26H24ClN3O4S/c1-26(2,33)23-14-20(30(29-23)19-7-5-4-6-18(19)27)22-13-12-21(35-22)16-8-10-17(11-9-16)25(32)28-15-24(31)34-3/h4-14,33H,15H2,1-3H3,(H,28,32). The number of amides is 1. The molecule has 2 heterocycles. The highest BCUT2D eigenvalue weighted by atomic mass is 35.5. The molecule has 0 atom stereocenters. The molecule has 0 radical (unpaired) electrons. The Bertz CT molecular complexity index is 1370. The molecule has 0 saturated heterocycles. The van der Waals surface area contributed by atoms with Gasteiger partial charge in [-0.05, 0) is 61.9 Å². The Morgan fingerprint density at radius 1 is 1.09 bits per heavy atom. The summed E-state index contributed by atoms with van der Waals surface area (Å²) >= 11 is 8.01. The number of carbonyl (C=O) groups excluding carboxylic acids is 2. The average Bonchev–Trinajstić information content (AvgIpc) is 3.50. The fourth-order valence-electron chi connectivity index (χ4n) is 3.41. The predicted octanol–water partition coefficient (Wildman–Crippen LogP) is 5.05. The van der Waals surface area contributed by atoms with Crippen LogP contribution in [0, 0.1) is 0 Å². The van der Waals surface area contributed by atoms with Crippen molar-refractivity contribution in [2.45, 2.75) is 19.4 Å². The van der Waals surface area contributed by atoms with Gasteiger partial charge < -0.3 is 15.2 Å². The SMILES string of the molecule is COC(=O)CNC(=O)c1ccc(-c2ccc(-c3cc(C(C)(C)O)nn3-c3ccccc3Cl)s2)cc1. The number of aliphatic hydroxyl groups is 1. The molecule has 180 valence electrons. The summed E-state index contributed by atoms with van der Waals surface area (Å²) in [5.41, 5.74) is 2.33. The van der Waals surface area contributed by atoms with Crippen molar-refractivity contribution < 1.29 is 19.4 Å². The highest BCUT2D eigenvalue weighted by Gasteiger charge is 2.24. The van der Waals surface area contributed by atoms with E-state index in [2.05, 4.69) is 15.2 Å². The van der Waals surface area contributed by atoms with Gasteiger partial charge in [-0.1, -0.05) is 35.9 Å². The summed E-state index contributed by atoms with van der Waals surface area (Å²) in [7, 11) is 1.27. The first kappa shape index (κ1) is 24.7. The molecule has 2 N–H and O–H groups in total. The van der Waals surface area contributed by atoms with Crippen molar-refractivity contribution in [3.8, 4) is 26.7 Å². The topological polar surface area (TPSA) is 93.4 Å². The van der Waals surface area contributed by atoms with Gasteiger partial charge in [0.15, 0.2) is 0 Å². The van der Waals surface area contributed by atoms with E-state index >= 15 is 0 Å². The van der Waals surface area contributed by atoms with E-state index in [0.29, 0.717) is 16.3 Å². The zero-order valence-electron chi connectivity index (χ0n) is 19.4. The minimum Gasteiger partial charge on any atom is -0.468 e. The van der Waals surface area contributed by atoms with E-state index in [1.54, 1.807) is 48.1 Å². The monoisotopic (exact) mass is 509 g/mol. The summed E-state index contributed by atoms with van der Waals surface area (Å²) in [6.07, 6.45) is 0. The number of nitrogens with one attached hydrogen (secondary N) is 1. The summed E-state index contributed by atoms with van der Waals surface area (Å²) in [6, 6.07) is 20.4. The predicted molar refractivity (Wildman–Crippen MR) is 137 cm³/mol. The quantitative estimate of drug-likeness (QED) is 0.340. The Labute approximate surface area is 211 Å². The molecule has 0 fully saturated rings. The van der Waals surface area contributed by atoms with Gasteiger partial charge in [-0.15, -0.1) is 11.3 Å². The summed E-state index contributed by atoms with van der Waals surface area (Å²) in [5, 5.41) is 18.3. The van der Waals surface area contributed by atoms with Crippen molar-refractivity contribution in [1.29, 1.82) is 0 Å². The number of nitrogens with zero attached hydrogens (tertiary/aromatic N) is 2. The Morgan fingerprint density at radius 2 is 1.77 bits per heavy atom. The summed E-state index contributed by atoms with van der Waals surface area (Å²) in [4.78, 5) is 25.4. The van der Waals surface area contributed by atoms with Gasteiger partial charge >= 0.3 is 5.97 Å². The fourth-order valence-corrected chi connectivity index (χ4v) is 4.63. The number of rotatable bonds is 7. The van der Waals surface area contributed by atoms with Gasteiger partial charge in [-0.3, -0.25) is 9.59 Å². The summed E-state index contributed by atoms with van der Waals surface area (Å²) in [5.74, 6) is -0.860. The molecule has 0 spiro atoms. The molecule has 7 nitrogen and oxygen atoms in total. The van der Waals surface area contributed by atoms with Crippen LogP contribution in [0.15, 0.2) is 66.7 Å². The molecule has 2 aromatic heterocycles. The van der Waals surface area contributed by atoms with Crippen LogP contribution >= 0.6 is 22.9 Å². The van der Waals surface area contributed by atoms with E-state index in [9.17, 15) is 14.7 Å². The zero-order valence-corrected chi connectivity index (χ0v) is 21.0. The molecule has 2 aromatic carbocycles. The molecular weight excluding hydrogens is 486 g/mol. The molecule has 1 amide bonds. The molecule has 35 heavy (non-hydrogen) atoms. The van der Waals surface area contributed by atoms with Crippen molar-refractivity contribution in [3.05, 3.63) is 83.0 Å². The first-order chi connectivity index (χ1) is 16.7. The van der Waals surface area contributed by atoms with Crippen molar-refractivity contribution in [2.24, 2.45) is 0 Å². The normalized spacial score (nSPS) is 11.3. The molecule has 0 saturated carbocycles. The van der Waals surface area contributed by atoms with Gasteiger partial charge in [0.05, 0.1) is 34.1 Å². The molecule has 0 aliphatic heterocycles. The lowest BCUT2D eigenvalue weighted by Crippen LogP contribution is -2.30. The maximum atomic E-state index is 12.2. The molecular formula is C26H24ClN3O4S. The number of hydrogen-bond donors (Lipinski definition) is 2. The van der Waals surface area contributed by atoms with Gasteiger partial charge in [-0.25, -0.2) is 4.68 Å². The Morgan fingerprint density at radius 3 is 2.43 bits per heavy atom. The number of aromatic nitrogens is 2. The second-order valence-electron chi connectivity index (χ2n) is 8.34. The van der Waals surface area contributed by atoms with Gasteiger partial charge in [0, 0.05) is 10.4 Å². The molecule has 4 aromatic rings. The molecule has 0 aliphatic rings. The minimum absolute atomic E-state index is 0.183. The van der Waals surface area contributed by atoms with Crippen molar-refractivity contribution in [2.75, 3.05) is 13.7 Å². The second-order valence-corrected chi connectivity index (χ2v) is 9.83. The number of ether oxygens (including phenoxy) is 1. The van der Waals surface area contributed by atoms with E-state index in [4.69, 9.17) is 11.6 Å². The Hall–Kier alpha value is -3.46. The number of para-hydroxylation sites is 1. The van der Waals surface area contributed by atoms with Gasteiger partial charge in [-0.2, -0.15) is 5.10 Å². The minimum atomic E-state index is -1.12. The molecule has 0 aliphatic carbocycles. The number of esters is 1. The smallest absolute Gasteiger partial charge is 0.325 e. The van der Waals surface area contributed by atoms with E-state index in [1.165, 1.54) is 7.11 Å². The van der Waals surface area contributed by atoms with Crippen LogP contribution in [0.5, 0.6) is 0 Å². The molecule has 9 heteroatoms. The van der Waals surface area contributed by atoms with E-state index < -0.39 is 11.6 Å². The summed E-state index contributed by atoms with van der Waals surface area (Å²) < 4.78 is 6.29. The lowest BCUT2D eigenvalue weighted by Gasteiger charge is -2.13. The highest BCUT2D eigenvalue weighted by Crippen LogP contribution is 2.38. The van der Waals surface area contributed by atoms with Crippen LogP contribution in [0.3, 0.4) is 0 Å². The molecule has 0 unspecified atom stereocenters. The van der Waals surface area contributed by atoms with Crippen LogP contribution in [0.4, 0.5) is 0 Å². The van der Waals surface area contributed by atoms with Gasteiger partial charge in [0.25, 0.3) is 5.91 Å². The fraction of sp³-hybridized carbons (Fsp3) is 0.192. The number of methoxy groups -OCH3 is 1. The number of halogens is 1. The van der Waals surface area contributed by atoms with Crippen LogP contribution in [-0.2, 0) is 15.1 Å². The number of hydrogen-bond acceptors (Lipinski definition) is 6. The van der Waals surface area contributed by atoms with Crippen LogP contribution in [0.1, 0.15) is 29.9 Å². The maximum absolute atomic E-state index is 12.2. The zero-order chi connectivity index (χ0) is 25.2. The number of carbonyl (C=O) groups is 2. The lowest BCUT2D eigenvalue weighted by atomic mass is 10.1. The van der Waals surface area contributed by atoms with Gasteiger partial charge in [0.1, 0.15) is 12.1 Å². The third-order valence-corrected chi connectivity index (χ3v) is 6.80. The van der Waals surface area contributed by atoms with Crippen molar-refractivity contribution in [1.82, 2.24) is 15.1 Å². The first-order valence-electron chi connectivity index (χ1n) is 10.8. The number of thiophene rings is 1. The first-order valence-corrected chi connectivity index (χ1v) is 12.0. The van der Waals surface area contributed by atoms with E-state index in [1.807, 2.05) is 48.5 Å². The van der Waals surface area contributed by atoms with Gasteiger partial charge in [0.2, 0.25) is 0 Å². The van der Waals surface area contributed by atoms with Crippen molar-refractivity contribution >= 4 is 34.8 Å².